The number of piperazine rings is 1. The summed E-state index contributed by atoms with van der Waals surface area (Å²) in [6.07, 6.45) is 1.09. The van der Waals surface area contributed by atoms with E-state index in [0.29, 0.717) is 23.8 Å². The maximum absolute atomic E-state index is 13.4. The van der Waals surface area contributed by atoms with Crippen molar-refractivity contribution in [2.24, 2.45) is 5.92 Å². The highest BCUT2D eigenvalue weighted by Gasteiger charge is 2.30. The van der Waals surface area contributed by atoms with Gasteiger partial charge in [-0.05, 0) is 24.5 Å². The van der Waals surface area contributed by atoms with Gasteiger partial charge in [-0.1, -0.05) is 20.8 Å². The molecule has 2 unspecified atom stereocenters. The van der Waals surface area contributed by atoms with Crippen LogP contribution in [0.1, 0.15) is 27.2 Å². The van der Waals surface area contributed by atoms with E-state index in [9.17, 15) is 4.39 Å². The van der Waals surface area contributed by atoms with Crippen LogP contribution in [0.15, 0.2) is 18.2 Å². The number of rotatable bonds is 4. The summed E-state index contributed by atoms with van der Waals surface area (Å²) in [6.45, 7) is 8.52. The topological polar surface area (TPSA) is 24.5 Å². The molecule has 0 aliphatic carbocycles. The molecule has 2 atom stereocenters. The van der Waals surface area contributed by atoms with E-state index in [0.717, 1.165) is 25.2 Å². The molecule has 1 N–H and O–H groups in total. The SMILES string of the molecule is CCC1CN(c2ccc(F)cc2OC)C(C(C)C)CN1. The molecule has 1 aromatic rings. The third-order valence-electron chi connectivity index (χ3n) is 4.15. The number of methoxy groups -OCH3 is 1. The van der Waals surface area contributed by atoms with Crippen LogP contribution in [0, 0.1) is 11.7 Å². The van der Waals surface area contributed by atoms with Crippen molar-refractivity contribution in [2.45, 2.75) is 39.3 Å². The lowest BCUT2D eigenvalue weighted by Crippen LogP contribution is -2.58. The van der Waals surface area contributed by atoms with E-state index < -0.39 is 0 Å². The van der Waals surface area contributed by atoms with Gasteiger partial charge in [-0.25, -0.2) is 4.39 Å². The fourth-order valence-electron chi connectivity index (χ4n) is 2.87. The maximum atomic E-state index is 13.4. The van der Waals surface area contributed by atoms with Crippen molar-refractivity contribution < 1.29 is 9.13 Å². The van der Waals surface area contributed by atoms with Gasteiger partial charge in [0.15, 0.2) is 0 Å². The van der Waals surface area contributed by atoms with Gasteiger partial charge in [0.2, 0.25) is 0 Å². The van der Waals surface area contributed by atoms with Crippen molar-refractivity contribution in [2.75, 3.05) is 25.1 Å². The van der Waals surface area contributed by atoms with E-state index in [-0.39, 0.29) is 5.82 Å². The average Bonchev–Trinajstić information content (AvgIpc) is 2.46. The summed E-state index contributed by atoms with van der Waals surface area (Å²) in [5, 5.41) is 3.59. The van der Waals surface area contributed by atoms with E-state index in [1.54, 1.807) is 7.11 Å². The van der Waals surface area contributed by atoms with Crippen LogP contribution in [0.5, 0.6) is 5.75 Å². The van der Waals surface area contributed by atoms with Gasteiger partial charge in [-0.3, -0.25) is 0 Å². The molecule has 3 nitrogen and oxygen atoms in total. The van der Waals surface area contributed by atoms with Crippen LogP contribution in [0.2, 0.25) is 0 Å². The number of anilines is 1. The van der Waals surface area contributed by atoms with Gasteiger partial charge in [0.25, 0.3) is 0 Å². The minimum absolute atomic E-state index is 0.256. The van der Waals surface area contributed by atoms with Crippen molar-refractivity contribution >= 4 is 5.69 Å². The molecule has 0 radical (unpaired) electrons. The zero-order chi connectivity index (χ0) is 14.7. The van der Waals surface area contributed by atoms with Gasteiger partial charge in [-0.2, -0.15) is 0 Å². The Morgan fingerprint density at radius 3 is 2.80 bits per heavy atom. The Morgan fingerprint density at radius 2 is 2.20 bits per heavy atom. The number of nitrogens with one attached hydrogen (secondary N) is 1. The second kappa shape index (κ2) is 6.44. The van der Waals surface area contributed by atoms with Crippen molar-refractivity contribution in [1.29, 1.82) is 0 Å². The second-order valence-corrected chi connectivity index (χ2v) is 5.79. The van der Waals surface area contributed by atoms with E-state index in [2.05, 4.69) is 31.0 Å². The first-order chi connectivity index (χ1) is 9.56. The molecule has 4 heteroatoms. The summed E-state index contributed by atoms with van der Waals surface area (Å²) in [5.74, 6) is 0.886. The van der Waals surface area contributed by atoms with Crippen LogP contribution >= 0.6 is 0 Å². The Hall–Kier alpha value is -1.29. The number of halogens is 1. The Balaban J connectivity index is 2.34. The van der Waals surface area contributed by atoms with Gasteiger partial charge in [0.1, 0.15) is 11.6 Å². The largest absolute Gasteiger partial charge is 0.494 e. The Labute approximate surface area is 121 Å². The van der Waals surface area contributed by atoms with Gasteiger partial charge in [0.05, 0.1) is 12.8 Å². The van der Waals surface area contributed by atoms with Crippen LogP contribution < -0.4 is 15.0 Å². The smallest absolute Gasteiger partial charge is 0.145 e. The minimum Gasteiger partial charge on any atom is -0.494 e. The summed E-state index contributed by atoms with van der Waals surface area (Å²) < 4.78 is 18.8. The third kappa shape index (κ3) is 3.06. The summed E-state index contributed by atoms with van der Waals surface area (Å²) in [5.41, 5.74) is 0.993. The average molecular weight is 280 g/mol. The molecule has 1 aliphatic rings. The lowest BCUT2D eigenvalue weighted by atomic mass is 9.96. The van der Waals surface area contributed by atoms with Crippen LogP contribution in [0.25, 0.3) is 0 Å². The fourth-order valence-corrected chi connectivity index (χ4v) is 2.87. The number of ether oxygens (including phenoxy) is 1. The predicted octanol–water partition coefficient (Wildman–Crippen LogP) is 3.05. The summed E-state index contributed by atoms with van der Waals surface area (Å²) in [7, 11) is 1.60. The van der Waals surface area contributed by atoms with Gasteiger partial charge >= 0.3 is 0 Å². The summed E-state index contributed by atoms with van der Waals surface area (Å²) in [6, 6.07) is 5.69. The first-order valence-electron chi connectivity index (χ1n) is 7.40. The van der Waals surface area contributed by atoms with Crippen LogP contribution in [-0.4, -0.2) is 32.3 Å². The number of hydrogen-bond acceptors (Lipinski definition) is 3. The van der Waals surface area contributed by atoms with Crippen molar-refractivity contribution in [3.8, 4) is 5.75 Å². The molecule has 0 bridgehead atoms. The molecule has 1 aliphatic heterocycles. The fraction of sp³-hybridized carbons (Fsp3) is 0.625. The molecule has 20 heavy (non-hydrogen) atoms. The van der Waals surface area contributed by atoms with Gasteiger partial charge in [-0.15, -0.1) is 0 Å². The van der Waals surface area contributed by atoms with E-state index >= 15 is 0 Å². The molecule has 0 amide bonds. The van der Waals surface area contributed by atoms with Gasteiger partial charge < -0.3 is 15.0 Å². The highest BCUT2D eigenvalue weighted by molar-refractivity contribution is 5.60. The standard InChI is InChI=1S/C16H25FN2O/c1-5-13-10-19(15(9-18-13)11(2)3)14-7-6-12(17)8-16(14)20-4/h6-8,11,13,15,18H,5,9-10H2,1-4H3. The van der Waals surface area contributed by atoms with E-state index in [4.69, 9.17) is 4.74 Å². The molecule has 0 saturated carbocycles. The van der Waals surface area contributed by atoms with Crippen LogP contribution in [0.4, 0.5) is 10.1 Å². The molecular formula is C16H25FN2O. The van der Waals surface area contributed by atoms with Crippen molar-refractivity contribution in [3.05, 3.63) is 24.0 Å². The number of nitrogens with zero attached hydrogens (tertiary/aromatic N) is 1. The molecule has 1 aromatic carbocycles. The lowest BCUT2D eigenvalue weighted by Gasteiger charge is -2.44. The van der Waals surface area contributed by atoms with Crippen molar-refractivity contribution in [1.82, 2.24) is 5.32 Å². The summed E-state index contributed by atoms with van der Waals surface area (Å²) in [4.78, 5) is 2.37. The highest BCUT2D eigenvalue weighted by Crippen LogP contribution is 2.33. The Morgan fingerprint density at radius 1 is 1.45 bits per heavy atom. The molecule has 1 saturated heterocycles. The Kier molecular flexibility index (Phi) is 4.86. The van der Waals surface area contributed by atoms with Gasteiger partial charge in [0, 0.05) is 31.2 Å². The zero-order valence-electron chi connectivity index (χ0n) is 12.8. The molecule has 1 heterocycles. The normalized spacial score (nSPS) is 23.2. The Bertz CT molecular complexity index is 450. The zero-order valence-corrected chi connectivity index (χ0v) is 12.8. The van der Waals surface area contributed by atoms with Crippen molar-refractivity contribution in [3.63, 3.8) is 0 Å². The molecule has 1 fully saturated rings. The molecule has 0 aromatic heterocycles. The molecule has 112 valence electrons. The molecule has 0 spiro atoms. The lowest BCUT2D eigenvalue weighted by molar-refractivity contribution is 0.328. The van der Waals surface area contributed by atoms with Crippen LogP contribution in [0.3, 0.4) is 0 Å². The first-order valence-corrected chi connectivity index (χ1v) is 7.40. The molecule has 2 rings (SSSR count). The molecular weight excluding hydrogens is 255 g/mol. The number of hydrogen-bond donors (Lipinski definition) is 1. The monoisotopic (exact) mass is 280 g/mol. The quantitative estimate of drug-likeness (QED) is 0.917. The van der Waals surface area contributed by atoms with Crippen LogP contribution in [-0.2, 0) is 0 Å². The maximum Gasteiger partial charge on any atom is 0.145 e. The van der Waals surface area contributed by atoms with E-state index in [1.807, 2.05) is 6.07 Å². The highest BCUT2D eigenvalue weighted by atomic mass is 19.1. The minimum atomic E-state index is -0.256. The summed E-state index contributed by atoms with van der Waals surface area (Å²) >= 11 is 0. The second-order valence-electron chi connectivity index (χ2n) is 5.79. The first kappa shape index (κ1) is 15.1. The predicted molar refractivity (Wildman–Crippen MR) is 81.0 cm³/mol. The number of benzene rings is 1. The third-order valence-corrected chi connectivity index (χ3v) is 4.15. The van der Waals surface area contributed by atoms with E-state index in [1.165, 1.54) is 12.1 Å².